The standard InChI is InChI=1S/C32H65NO3.C19H28N2O4/c1-3-5-7-9-11-13-15-17-19-21-23-25-27-35-30-32(29-33-31-34)36-28-26-24-22-20-18-16-14-12-10-8-6-4-2;1-18(2,3)25-17(23)21-12-10-19(4,11-13-21)20-16(22)24-14-15-8-6-5-7-9-15/h31-32H,3-30H2,1-2H3,(H,33,34);5-9H,10-14H2,1-4H3,(H,20,22). The van der Waals surface area contributed by atoms with E-state index in [-0.39, 0.29) is 24.3 Å². The van der Waals surface area contributed by atoms with Gasteiger partial charge in [-0.05, 0) is 58.9 Å². The Balaban J connectivity index is 0.000000647. The van der Waals surface area contributed by atoms with Gasteiger partial charge >= 0.3 is 12.2 Å². The zero-order chi connectivity index (χ0) is 44.7. The first-order chi connectivity index (χ1) is 29.5. The average Bonchev–Trinajstić information content (AvgIpc) is 3.23. The molecule has 10 heteroatoms. The second kappa shape index (κ2) is 37.7. The van der Waals surface area contributed by atoms with E-state index in [0.717, 1.165) is 38.0 Å². The zero-order valence-electron chi connectivity index (χ0n) is 40.2. The van der Waals surface area contributed by atoms with Crippen molar-refractivity contribution in [2.75, 3.05) is 39.5 Å². The first-order valence-electron chi connectivity index (χ1n) is 24.8. The average molecular weight is 860 g/mol. The third kappa shape index (κ3) is 34.3. The van der Waals surface area contributed by atoms with Crippen LogP contribution in [-0.4, -0.2) is 80.2 Å². The Morgan fingerprint density at radius 1 is 0.705 bits per heavy atom. The summed E-state index contributed by atoms with van der Waals surface area (Å²) < 4.78 is 22.5. The lowest BCUT2D eigenvalue weighted by molar-refractivity contribution is -0.110. The highest BCUT2D eigenvalue weighted by Crippen LogP contribution is 2.24. The molecule has 354 valence electrons. The number of nitrogens with one attached hydrogen (secondary N) is 2. The predicted octanol–water partition coefficient (Wildman–Crippen LogP) is 13.2. The molecule has 0 saturated carbocycles. The molecule has 1 atom stereocenters. The highest BCUT2D eigenvalue weighted by atomic mass is 16.6. The lowest BCUT2D eigenvalue weighted by atomic mass is 9.90. The minimum Gasteiger partial charge on any atom is -0.445 e. The van der Waals surface area contributed by atoms with Crippen LogP contribution in [0, 0.1) is 0 Å². The minimum atomic E-state index is -0.503. The number of hydrogen-bond acceptors (Lipinski definition) is 7. The van der Waals surface area contributed by atoms with Crippen LogP contribution in [0.1, 0.15) is 214 Å². The summed E-state index contributed by atoms with van der Waals surface area (Å²) >= 11 is 0. The summed E-state index contributed by atoms with van der Waals surface area (Å²) in [4.78, 5) is 36.5. The minimum absolute atomic E-state index is 0.0276. The highest BCUT2D eigenvalue weighted by Gasteiger charge is 2.35. The first kappa shape index (κ1) is 56.2. The van der Waals surface area contributed by atoms with Gasteiger partial charge in [0.25, 0.3) is 0 Å². The molecule has 0 spiro atoms. The van der Waals surface area contributed by atoms with E-state index in [2.05, 4.69) is 24.5 Å². The number of benzene rings is 1. The lowest BCUT2D eigenvalue weighted by Crippen LogP contribution is -2.54. The van der Waals surface area contributed by atoms with Gasteiger partial charge < -0.3 is 34.5 Å². The third-order valence-electron chi connectivity index (χ3n) is 11.4. The van der Waals surface area contributed by atoms with Gasteiger partial charge in [-0.25, -0.2) is 9.59 Å². The fourth-order valence-electron chi connectivity index (χ4n) is 7.44. The summed E-state index contributed by atoms with van der Waals surface area (Å²) in [6.07, 6.45) is 33.8. The lowest BCUT2D eigenvalue weighted by Gasteiger charge is -2.39. The second-order valence-corrected chi connectivity index (χ2v) is 18.6. The quantitative estimate of drug-likeness (QED) is 0.0516. The van der Waals surface area contributed by atoms with Crippen LogP contribution >= 0.6 is 0 Å². The maximum atomic E-state index is 12.1. The van der Waals surface area contributed by atoms with Gasteiger partial charge in [0, 0.05) is 38.4 Å². The molecule has 2 N–H and O–H groups in total. The van der Waals surface area contributed by atoms with Gasteiger partial charge in [0.15, 0.2) is 0 Å². The summed E-state index contributed by atoms with van der Waals surface area (Å²) in [5.41, 5.74) is 0.0615. The second-order valence-electron chi connectivity index (χ2n) is 18.6. The monoisotopic (exact) mass is 860 g/mol. The normalized spacial score (nSPS) is 14.1. The van der Waals surface area contributed by atoms with Gasteiger partial charge in [0.05, 0.1) is 12.7 Å². The van der Waals surface area contributed by atoms with Crippen molar-refractivity contribution in [2.45, 2.75) is 232 Å². The van der Waals surface area contributed by atoms with Crippen LogP contribution in [0.4, 0.5) is 9.59 Å². The topological polar surface area (TPSA) is 115 Å². The summed E-state index contributed by atoms with van der Waals surface area (Å²) in [5, 5.41) is 5.69. The van der Waals surface area contributed by atoms with Crippen LogP contribution in [0.5, 0.6) is 0 Å². The van der Waals surface area contributed by atoms with Crippen LogP contribution in [0.2, 0.25) is 0 Å². The number of alkyl carbamates (subject to hydrolysis) is 1. The molecule has 0 bridgehead atoms. The number of piperidine rings is 1. The highest BCUT2D eigenvalue weighted by molar-refractivity contribution is 5.69. The molecular weight excluding hydrogens is 767 g/mol. The Morgan fingerprint density at radius 3 is 1.62 bits per heavy atom. The Morgan fingerprint density at radius 2 is 1.16 bits per heavy atom. The van der Waals surface area contributed by atoms with Crippen LogP contribution < -0.4 is 10.6 Å². The van der Waals surface area contributed by atoms with E-state index in [1.54, 1.807) is 4.90 Å². The van der Waals surface area contributed by atoms with Crippen LogP contribution in [0.15, 0.2) is 30.3 Å². The fraction of sp³-hybridized carbons (Fsp3) is 0.824. The first-order valence-corrected chi connectivity index (χ1v) is 24.8. The predicted molar refractivity (Wildman–Crippen MR) is 252 cm³/mol. The molecule has 1 aliphatic heterocycles. The van der Waals surface area contributed by atoms with Gasteiger partial charge in [-0.2, -0.15) is 0 Å². The number of likely N-dealkylation sites (tertiary alicyclic amines) is 1. The Labute approximate surface area is 374 Å². The number of ether oxygens (including phenoxy) is 4. The van der Waals surface area contributed by atoms with Gasteiger partial charge in [0.1, 0.15) is 12.2 Å². The van der Waals surface area contributed by atoms with Gasteiger partial charge in [-0.1, -0.05) is 185 Å². The molecule has 1 aliphatic rings. The van der Waals surface area contributed by atoms with Crippen molar-refractivity contribution in [3.05, 3.63) is 35.9 Å². The molecule has 1 saturated heterocycles. The van der Waals surface area contributed by atoms with E-state index in [4.69, 9.17) is 18.9 Å². The number of carbonyl (C=O) groups excluding carboxylic acids is 3. The van der Waals surface area contributed by atoms with Crippen molar-refractivity contribution in [1.29, 1.82) is 0 Å². The van der Waals surface area contributed by atoms with Gasteiger partial charge in [-0.3, -0.25) is 4.79 Å². The van der Waals surface area contributed by atoms with Crippen molar-refractivity contribution in [2.24, 2.45) is 0 Å². The summed E-state index contributed by atoms with van der Waals surface area (Å²) in [6.45, 7) is 16.1. The molecule has 1 aromatic rings. The number of nitrogens with zero attached hydrogens (tertiary/aromatic N) is 1. The molecule has 0 aliphatic carbocycles. The summed E-state index contributed by atoms with van der Waals surface area (Å²) in [5.74, 6) is 0. The Hall–Kier alpha value is -2.85. The number of unbranched alkanes of at least 4 members (excludes halogenated alkanes) is 22. The number of carbonyl (C=O) groups is 3. The van der Waals surface area contributed by atoms with Gasteiger partial charge in [0.2, 0.25) is 6.41 Å². The van der Waals surface area contributed by atoms with E-state index in [9.17, 15) is 14.4 Å². The number of rotatable bonds is 35. The summed E-state index contributed by atoms with van der Waals surface area (Å²) in [7, 11) is 0. The summed E-state index contributed by atoms with van der Waals surface area (Å²) in [6, 6.07) is 9.56. The Kier molecular flexibility index (Phi) is 34.7. The number of amides is 3. The van der Waals surface area contributed by atoms with E-state index in [0.29, 0.717) is 39.1 Å². The molecule has 1 fully saturated rings. The van der Waals surface area contributed by atoms with Gasteiger partial charge in [-0.15, -0.1) is 0 Å². The van der Waals surface area contributed by atoms with Crippen molar-refractivity contribution >= 4 is 18.6 Å². The molecule has 1 unspecified atom stereocenters. The number of hydrogen-bond donors (Lipinski definition) is 2. The van der Waals surface area contributed by atoms with Crippen molar-refractivity contribution in [3.8, 4) is 0 Å². The molecule has 1 aromatic carbocycles. The SMILES string of the molecule is CC1(NC(=O)OCc2ccccc2)CCN(C(=O)OC(C)(C)C)CC1.CCCCCCCCCCCCCCOCC(CNC=O)OCCCCCCCCCCCCCC. The third-order valence-corrected chi connectivity index (χ3v) is 11.4. The molecule has 1 heterocycles. The molecule has 2 rings (SSSR count). The van der Waals surface area contributed by atoms with Crippen LogP contribution in [0.25, 0.3) is 0 Å². The van der Waals surface area contributed by atoms with E-state index < -0.39 is 11.7 Å². The molecular formula is C51H93N3O7. The van der Waals surface area contributed by atoms with Crippen LogP contribution in [0.3, 0.4) is 0 Å². The largest absolute Gasteiger partial charge is 0.445 e. The molecule has 0 aromatic heterocycles. The smallest absolute Gasteiger partial charge is 0.410 e. The maximum absolute atomic E-state index is 12.1. The van der Waals surface area contributed by atoms with E-state index in [1.807, 2.05) is 58.0 Å². The van der Waals surface area contributed by atoms with Crippen molar-refractivity contribution in [1.82, 2.24) is 15.5 Å². The van der Waals surface area contributed by atoms with E-state index >= 15 is 0 Å². The fourth-order valence-corrected chi connectivity index (χ4v) is 7.44. The molecule has 0 radical (unpaired) electrons. The Bertz CT molecular complexity index is 1170. The van der Waals surface area contributed by atoms with E-state index in [1.165, 1.54) is 141 Å². The maximum Gasteiger partial charge on any atom is 0.410 e. The molecule has 3 amide bonds. The molecule has 61 heavy (non-hydrogen) atoms. The van der Waals surface area contributed by atoms with Crippen molar-refractivity contribution < 1.29 is 33.3 Å². The van der Waals surface area contributed by atoms with Crippen molar-refractivity contribution in [3.63, 3.8) is 0 Å². The zero-order valence-corrected chi connectivity index (χ0v) is 40.2. The van der Waals surface area contributed by atoms with Crippen LogP contribution in [-0.2, 0) is 30.3 Å². The molecule has 10 nitrogen and oxygen atoms in total.